The van der Waals surface area contributed by atoms with Crippen molar-refractivity contribution in [3.05, 3.63) is 83.8 Å². The van der Waals surface area contributed by atoms with E-state index in [1.807, 2.05) is 54.6 Å². The molecule has 7 heteroatoms. The standard InChI is InChI=1S/C22H22N4O3/c1-15-23-21(29-24-15)13-20-12-19(25-28-2)14-26(20)22(27)18-10-8-17(9-11-18)16-6-4-3-5-7-16/h3-11,14,20,25H,12-13H2,1-2H3. The van der Waals surface area contributed by atoms with Crippen LogP contribution in [0.25, 0.3) is 11.1 Å². The number of benzene rings is 2. The predicted molar refractivity (Wildman–Crippen MR) is 107 cm³/mol. The zero-order valence-corrected chi connectivity index (χ0v) is 16.3. The lowest BCUT2D eigenvalue weighted by molar-refractivity contribution is 0.0779. The van der Waals surface area contributed by atoms with Gasteiger partial charge in [0.15, 0.2) is 5.82 Å². The number of carbonyl (C=O) groups excluding carboxylic acids is 1. The summed E-state index contributed by atoms with van der Waals surface area (Å²) >= 11 is 0. The normalized spacial score (nSPS) is 16.0. The van der Waals surface area contributed by atoms with Crippen LogP contribution in [0.5, 0.6) is 0 Å². The molecule has 1 aromatic heterocycles. The number of hydrogen-bond acceptors (Lipinski definition) is 6. The first kappa shape index (κ1) is 18.9. The summed E-state index contributed by atoms with van der Waals surface area (Å²) in [6.45, 7) is 1.77. The van der Waals surface area contributed by atoms with Crippen molar-refractivity contribution >= 4 is 5.91 Å². The zero-order chi connectivity index (χ0) is 20.2. The molecule has 2 heterocycles. The summed E-state index contributed by atoms with van der Waals surface area (Å²) in [7, 11) is 1.55. The lowest BCUT2D eigenvalue weighted by Gasteiger charge is -2.22. The largest absolute Gasteiger partial charge is 0.339 e. The number of rotatable bonds is 6. The van der Waals surface area contributed by atoms with E-state index in [1.54, 1.807) is 25.1 Å². The molecule has 1 aliphatic heterocycles. The van der Waals surface area contributed by atoms with E-state index < -0.39 is 0 Å². The monoisotopic (exact) mass is 390 g/mol. The summed E-state index contributed by atoms with van der Waals surface area (Å²) in [5.74, 6) is 1.01. The molecule has 0 aliphatic carbocycles. The maximum atomic E-state index is 13.2. The van der Waals surface area contributed by atoms with Crippen molar-refractivity contribution in [1.29, 1.82) is 0 Å². The second kappa shape index (κ2) is 8.28. The summed E-state index contributed by atoms with van der Waals surface area (Å²) < 4.78 is 5.25. The van der Waals surface area contributed by atoms with Gasteiger partial charge in [-0.2, -0.15) is 4.98 Å². The van der Waals surface area contributed by atoms with Crippen LogP contribution in [0.4, 0.5) is 0 Å². The molecule has 4 rings (SSSR count). The smallest absolute Gasteiger partial charge is 0.258 e. The molecular formula is C22H22N4O3. The Labute approximate surface area is 168 Å². The highest BCUT2D eigenvalue weighted by Gasteiger charge is 2.31. The fourth-order valence-electron chi connectivity index (χ4n) is 3.48. The Balaban J connectivity index is 1.55. The Kier molecular flexibility index (Phi) is 5.39. The molecule has 148 valence electrons. The summed E-state index contributed by atoms with van der Waals surface area (Å²) in [5, 5.41) is 3.83. The van der Waals surface area contributed by atoms with E-state index in [0.29, 0.717) is 30.1 Å². The van der Waals surface area contributed by atoms with Crippen LogP contribution in [0, 0.1) is 6.92 Å². The summed E-state index contributed by atoms with van der Waals surface area (Å²) in [4.78, 5) is 24.2. The van der Waals surface area contributed by atoms with E-state index in [-0.39, 0.29) is 11.9 Å². The van der Waals surface area contributed by atoms with Crippen molar-refractivity contribution in [3.63, 3.8) is 0 Å². The van der Waals surface area contributed by atoms with Gasteiger partial charge in [0, 0.05) is 24.6 Å². The third kappa shape index (κ3) is 4.20. The number of carbonyl (C=O) groups is 1. The van der Waals surface area contributed by atoms with Gasteiger partial charge in [-0.25, -0.2) is 0 Å². The lowest BCUT2D eigenvalue weighted by Crippen LogP contribution is -2.34. The maximum absolute atomic E-state index is 13.2. The number of amides is 1. The zero-order valence-electron chi connectivity index (χ0n) is 16.3. The number of aryl methyl sites for hydroxylation is 1. The van der Waals surface area contributed by atoms with E-state index in [4.69, 9.17) is 9.36 Å². The van der Waals surface area contributed by atoms with Gasteiger partial charge in [-0.15, -0.1) is 0 Å². The first-order valence-electron chi connectivity index (χ1n) is 9.41. The highest BCUT2D eigenvalue weighted by molar-refractivity contribution is 5.96. The first-order valence-corrected chi connectivity index (χ1v) is 9.41. The van der Waals surface area contributed by atoms with Crippen molar-refractivity contribution < 1.29 is 14.2 Å². The third-order valence-electron chi connectivity index (χ3n) is 4.83. The molecular weight excluding hydrogens is 368 g/mol. The molecule has 3 aromatic rings. The van der Waals surface area contributed by atoms with Crippen LogP contribution in [-0.2, 0) is 11.3 Å². The fraction of sp³-hybridized carbons (Fsp3) is 0.227. The lowest BCUT2D eigenvalue weighted by atomic mass is 10.0. The summed E-state index contributed by atoms with van der Waals surface area (Å²) in [6, 6.07) is 17.6. The second-order valence-electron chi connectivity index (χ2n) is 6.91. The molecule has 29 heavy (non-hydrogen) atoms. The van der Waals surface area contributed by atoms with Crippen molar-refractivity contribution in [2.75, 3.05) is 7.11 Å². The summed E-state index contributed by atoms with van der Waals surface area (Å²) in [6.07, 6.45) is 2.87. The minimum atomic E-state index is -0.131. The van der Waals surface area contributed by atoms with E-state index in [0.717, 1.165) is 16.8 Å². The van der Waals surface area contributed by atoms with Gasteiger partial charge in [0.1, 0.15) is 0 Å². The van der Waals surface area contributed by atoms with Crippen molar-refractivity contribution in [3.8, 4) is 11.1 Å². The Bertz CT molecular complexity index is 1010. The van der Waals surface area contributed by atoms with Gasteiger partial charge in [0.2, 0.25) is 5.89 Å². The molecule has 1 aliphatic rings. The molecule has 0 bridgehead atoms. The molecule has 1 amide bonds. The predicted octanol–water partition coefficient (Wildman–Crippen LogP) is 3.49. The van der Waals surface area contributed by atoms with Crippen LogP contribution in [0.2, 0.25) is 0 Å². The third-order valence-corrected chi connectivity index (χ3v) is 4.83. The average Bonchev–Trinajstić information content (AvgIpc) is 3.34. The van der Waals surface area contributed by atoms with Crippen molar-refractivity contribution in [2.24, 2.45) is 0 Å². The van der Waals surface area contributed by atoms with E-state index in [9.17, 15) is 4.79 Å². The number of aromatic nitrogens is 2. The van der Waals surface area contributed by atoms with Gasteiger partial charge in [-0.05, 0) is 30.2 Å². The van der Waals surface area contributed by atoms with Crippen LogP contribution in [0.3, 0.4) is 0 Å². The van der Waals surface area contributed by atoms with Gasteiger partial charge < -0.3 is 9.42 Å². The Morgan fingerprint density at radius 3 is 2.55 bits per heavy atom. The first-order chi connectivity index (χ1) is 14.1. The van der Waals surface area contributed by atoms with Crippen LogP contribution < -0.4 is 5.48 Å². The van der Waals surface area contributed by atoms with Crippen molar-refractivity contribution in [2.45, 2.75) is 25.8 Å². The minimum Gasteiger partial charge on any atom is -0.339 e. The molecule has 0 saturated heterocycles. The van der Waals surface area contributed by atoms with Crippen LogP contribution >= 0.6 is 0 Å². The second-order valence-corrected chi connectivity index (χ2v) is 6.91. The molecule has 1 unspecified atom stereocenters. The maximum Gasteiger partial charge on any atom is 0.258 e. The summed E-state index contributed by atoms with van der Waals surface area (Å²) in [5.41, 5.74) is 6.46. The van der Waals surface area contributed by atoms with E-state index >= 15 is 0 Å². The Hall–Kier alpha value is -3.45. The van der Waals surface area contributed by atoms with Gasteiger partial charge in [0.05, 0.1) is 18.8 Å². The molecule has 0 saturated carbocycles. The van der Waals surface area contributed by atoms with Gasteiger partial charge in [-0.3, -0.25) is 15.1 Å². The number of hydroxylamine groups is 1. The highest BCUT2D eigenvalue weighted by Crippen LogP contribution is 2.26. The van der Waals surface area contributed by atoms with E-state index in [2.05, 4.69) is 15.6 Å². The Morgan fingerprint density at radius 2 is 1.90 bits per heavy atom. The molecule has 7 nitrogen and oxygen atoms in total. The minimum absolute atomic E-state index is 0.0845. The topological polar surface area (TPSA) is 80.5 Å². The quantitative estimate of drug-likeness (QED) is 0.649. The van der Waals surface area contributed by atoms with Gasteiger partial charge >= 0.3 is 0 Å². The SMILES string of the molecule is CONC1=CN(C(=O)c2ccc(-c3ccccc3)cc2)C(Cc2nc(C)no2)C1. The van der Waals surface area contributed by atoms with Gasteiger partial charge in [0.25, 0.3) is 5.91 Å². The Morgan fingerprint density at radius 1 is 1.17 bits per heavy atom. The molecule has 1 N–H and O–H groups in total. The molecule has 2 aromatic carbocycles. The van der Waals surface area contributed by atoms with Crippen molar-refractivity contribution in [1.82, 2.24) is 20.5 Å². The van der Waals surface area contributed by atoms with E-state index in [1.165, 1.54) is 0 Å². The molecule has 0 radical (unpaired) electrons. The molecule has 1 atom stereocenters. The molecule has 0 fully saturated rings. The van der Waals surface area contributed by atoms with Gasteiger partial charge in [-0.1, -0.05) is 47.6 Å². The molecule has 0 spiro atoms. The average molecular weight is 390 g/mol. The van der Waals surface area contributed by atoms with Crippen LogP contribution in [0.1, 0.15) is 28.5 Å². The number of nitrogens with zero attached hydrogens (tertiary/aromatic N) is 3. The van der Waals surface area contributed by atoms with Crippen LogP contribution in [-0.4, -0.2) is 34.1 Å². The van der Waals surface area contributed by atoms with Crippen LogP contribution in [0.15, 0.2) is 71.0 Å². The highest BCUT2D eigenvalue weighted by atomic mass is 16.6. The number of hydrogen-bond donors (Lipinski definition) is 1. The number of nitrogens with one attached hydrogen (secondary N) is 1. The fourth-order valence-corrected chi connectivity index (χ4v) is 3.48.